The third-order valence-electron chi connectivity index (χ3n) is 0.681. The number of hydrogen-bond acceptors (Lipinski definition) is 3. The molecule has 0 unspecified atom stereocenters. The van der Waals surface area contributed by atoms with Gasteiger partial charge in [-0.25, -0.2) is 9.78 Å². The molecule has 0 radical (unpaired) electrons. The summed E-state index contributed by atoms with van der Waals surface area (Å²) in [6.07, 6.45) is 2.88. The summed E-state index contributed by atoms with van der Waals surface area (Å²) in [4.78, 5) is 13.7. The van der Waals surface area contributed by atoms with Gasteiger partial charge in [0.2, 0.25) is 0 Å². The maximum atomic E-state index is 10.4. The molecule has 0 spiro atoms. The molecule has 1 aromatic heterocycles. The Bertz CT molecular complexity index is 231. The first-order valence-corrected chi connectivity index (χ1v) is 2.38. The van der Waals surface area contributed by atoms with E-state index in [1.807, 2.05) is 0 Å². The standard InChI is InChI=1S/C4H3N2OS/c7-4-5-2-1-3-6(4)8/h1-3H/q-1. The zero-order valence-electron chi connectivity index (χ0n) is 3.94. The Labute approximate surface area is 51.5 Å². The van der Waals surface area contributed by atoms with Crippen molar-refractivity contribution in [3.05, 3.63) is 28.9 Å². The van der Waals surface area contributed by atoms with Crippen LogP contribution in [0.2, 0.25) is 0 Å². The fourth-order valence-electron chi connectivity index (χ4n) is 0.344. The molecule has 0 amide bonds. The molecule has 1 aromatic rings. The van der Waals surface area contributed by atoms with E-state index in [1.54, 1.807) is 6.07 Å². The second-order valence-corrected chi connectivity index (χ2v) is 1.62. The number of rotatable bonds is 0. The van der Waals surface area contributed by atoms with Crippen LogP contribution >= 0.6 is 0 Å². The van der Waals surface area contributed by atoms with E-state index >= 15 is 0 Å². The van der Waals surface area contributed by atoms with Crippen molar-refractivity contribution in [2.24, 2.45) is 0 Å². The molecule has 0 aliphatic rings. The summed E-state index contributed by atoms with van der Waals surface area (Å²) in [6.45, 7) is 0. The highest BCUT2D eigenvalue weighted by molar-refractivity contribution is 7.56. The average molecular weight is 127 g/mol. The third kappa shape index (κ3) is 0.840. The van der Waals surface area contributed by atoms with E-state index in [0.29, 0.717) is 0 Å². The van der Waals surface area contributed by atoms with E-state index in [9.17, 15) is 4.79 Å². The van der Waals surface area contributed by atoms with Gasteiger partial charge >= 0.3 is 5.69 Å². The molecule has 42 valence electrons. The predicted octanol–water partition coefficient (Wildman–Crippen LogP) is -0.447. The molecule has 0 aliphatic carbocycles. The highest BCUT2D eigenvalue weighted by Crippen LogP contribution is 1.69. The molecule has 8 heavy (non-hydrogen) atoms. The van der Waals surface area contributed by atoms with Gasteiger partial charge in [0.05, 0.1) is 0 Å². The van der Waals surface area contributed by atoms with Gasteiger partial charge in [0.1, 0.15) is 0 Å². The van der Waals surface area contributed by atoms with Crippen molar-refractivity contribution in [2.45, 2.75) is 0 Å². The fourth-order valence-corrected chi connectivity index (χ4v) is 0.462. The van der Waals surface area contributed by atoms with Crippen LogP contribution in [-0.2, 0) is 12.8 Å². The Balaban J connectivity index is 3.35. The van der Waals surface area contributed by atoms with Gasteiger partial charge in [0.15, 0.2) is 0 Å². The van der Waals surface area contributed by atoms with Crippen LogP contribution in [0.3, 0.4) is 0 Å². The van der Waals surface area contributed by atoms with Crippen LogP contribution in [0.15, 0.2) is 23.3 Å². The predicted molar refractivity (Wildman–Crippen MR) is 31.3 cm³/mol. The molecule has 0 atom stereocenters. The number of aromatic nitrogens is 2. The zero-order chi connectivity index (χ0) is 5.98. The summed E-state index contributed by atoms with van der Waals surface area (Å²) in [5.74, 6) is 0. The van der Waals surface area contributed by atoms with Crippen molar-refractivity contribution in [1.29, 1.82) is 0 Å². The van der Waals surface area contributed by atoms with Gasteiger partial charge in [0, 0.05) is 6.20 Å². The molecule has 0 aromatic carbocycles. The summed E-state index contributed by atoms with van der Waals surface area (Å²) >= 11 is 4.49. The van der Waals surface area contributed by atoms with Gasteiger partial charge in [0.25, 0.3) is 0 Å². The lowest BCUT2D eigenvalue weighted by Gasteiger charge is -2.03. The van der Waals surface area contributed by atoms with Crippen LogP contribution in [0.4, 0.5) is 0 Å². The fraction of sp³-hybridized carbons (Fsp3) is 0. The molecule has 0 bridgehead atoms. The molecular weight excluding hydrogens is 124 g/mol. The van der Waals surface area contributed by atoms with E-state index in [2.05, 4.69) is 17.8 Å². The van der Waals surface area contributed by atoms with Crippen LogP contribution in [0.25, 0.3) is 0 Å². The minimum atomic E-state index is -0.400. The molecule has 3 nitrogen and oxygen atoms in total. The van der Waals surface area contributed by atoms with Crippen molar-refractivity contribution in [3.63, 3.8) is 0 Å². The highest BCUT2D eigenvalue weighted by Gasteiger charge is 1.74. The Morgan fingerprint density at radius 1 is 1.75 bits per heavy atom. The van der Waals surface area contributed by atoms with E-state index in [1.165, 1.54) is 12.4 Å². The van der Waals surface area contributed by atoms with Crippen LogP contribution in [-0.4, -0.2) is 8.96 Å². The third-order valence-corrected chi connectivity index (χ3v) is 0.959. The van der Waals surface area contributed by atoms with Crippen molar-refractivity contribution < 1.29 is 0 Å². The van der Waals surface area contributed by atoms with E-state index in [4.69, 9.17) is 0 Å². The topological polar surface area (TPSA) is 34.9 Å². The maximum absolute atomic E-state index is 10.4. The lowest BCUT2D eigenvalue weighted by molar-refractivity contribution is 1.02. The quantitative estimate of drug-likeness (QED) is 0.443. The molecule has 1 heterocycles. The van der Waals surface area contributed by atoms with Crippen molar-refractivity contribution in [2.75, 3.05) is 0 Å². The largest absolute Gasteiger partial charge is 0.683 e. The molecule has 0 saturated carbocycles. The van der Waals surface area contributed by atoms with Gasteiger partial charge in [-0.3, -0.25) is 0 Å². The zero-order valence-corrected chi connectivity index (χ0v) is 4.76. The van der Waals surface area contributed by atoms with Crippen LogP contribution < -0.4 is 5.69 Å². The van der Waals surface area contributed by atoms with Gasteiger partial charge in [-0.05, 0) is 12.3 Å². The molecule has 0 saturated heterocycles. The van der Waals surface area contributed by atoms with Crippen LogP contribution in [0.1, 0.15) is 0 Å². The van der Waals surface area contributed by atoms with Gasteiger partial charge in [-0.2, -0.15) is 0 Å². The van der Waals surface area contributed by atoms with Crippen molar-refractivity contribution in [1.82, 2.24) is 8.96 Å². The minimum Gasteiger partial charge on any atom is -0.683 e. The van der Waals surface area contributed by atoms with Gasteiger partial charge in [-0.15, -0.1) is 0 Å². The van der Waals surface area contributed by atoms with Crippen molar-refractivity contribution in [3.8, 4) is 0 Å². The van der Waals surface area contributed by atoms with Crippen LogP contribution in [0, 0.1) is 0 Å². The smallest absolute Gasteiger partial charge is 0.328 e. The highest BCUT2D eigenvalue weighted by atomic mass is 32.1. The molecule has 0 aliphatic heterocycles. The molecular formula is C4H3N2OS-. The number of hydrogen-bond donors (Lipinski definition) is 0. The van der Waals surface area contributed by atoms with Crippen molar-refractivity contribution >= 4 is 12.8 Å². The summed E-state index contributed by atoms with van der Waals surface area (Å²) in [5, 5.41) is 0. The molecule has 0 N–H and O–H groups in total. The lowest BCUT2D eigenvalue weighted by atomic mass is 10.7. The second kappa shape index (κ2) is 1.92. The Hall–Kier alpha value is -0.900. The first kappa shape index (κ1) is 5.24. The monoisotopic (exact) mass is 127 g/mol. The first-order valence-electron chi connectivity index (χ1n) is 2.02. The van der Waals surface area contributed by atoms with Crippen LogP contribution in [0.5, 0.6) is 0 Å². The van der Waals surface area contributed by atoms with Gasteiger partial charge < -0.3 is 16.8 Å². The summed E-state index contributed by atoms with van der Waals surface area (Å²) in [6, 6.07) is 1.61. The maximum Gasteiger partial charge on any atom is 0.328 e. The Morgan fingerprint density at radius 3 is 2.88 bits per heavy atom. The molecule has 4 heteroatoms. The van der Waals surface area contributed by atoms with E-state index < -0.39 is 5.69 Å². The number of nitrogens with zero attached hydrogens (tertiary/aromatic N) is 2. The van der Waals surface area contributed by atoms with Gasteiger partial charge in [-0.1, -0.05) is 0 Å². The average Bonchev–Trinajstić information content (AvgIpc) is 1.77. The normalized spacial score (nSPS) is 9.00. The molecule has 0 fully saturated rings. The first-order chi connectivity index (χ1) is 3.80. The van der Waals surface area contributed by atoms with E-state index in [0.717, 1.165) is 3.97 Å². The SMILES string of the molecule is O=c1ncccn1[S-]. The van der Waals surface area contributed by atoms with E-state index in [-0.39, 0.29) is 0 Å². The molecule has 1 rings (SSSR count). The summed E-state index contributed by atoms with van der Waals surface area (Å²) in [7, 11) is 0. The Kier molecular flexibility index (Phi) is 1.26. The minimum absolute atomic E-state index is 0.400. The Morgan fingerprint density at radius 2 is 2.50 bits per heavy atom. The second-order valence-electron chi connectivity index (χ2n) is 1.23. The summed E-state index contributed by atoms with van der Waals surface area (Å²) < 4.78 is 1.00. The lowest BCUT2D eigenvalue weighted by Crippen LogP contribution is -2.16. The summed E-state index contributed by atoms with van der Waals surface area (Å²) in [5.41, 5.74) is -0.400.